The molecular weight excluding hydrogens is 344 g/mol. The van der Waals surface area contributed by atoms with Crippen molar-refractivity contribution in [3.8, 4) is 0 Å². The van der Waals surface area contributed by atoms with E-state index >= 15 is 0 Å². The summed E-state index contributed by atoms with van der Waals surface area (Å²) in [5, 5.41) is 0. The first-order valence-corrected chi connectivity index (χ1v) is 12.0. The summed E-state index contributed by atoms with van der Waals surface area (Å²) >= 11 is 0. The average Bonchev–Trinajstić information content (AvgIpc) is 2.50. The summed E-state index contributed by atoms with van der Waals surface area (Å²) in [6.07, 6.45) is 3.64. The van der Waals surface area contributed by atoms with Gasteiger partial charge in [0.2, 0.25) is 0 Å². The number of benzene rings is 1. The van der Waals surface area contributed by atoms with Crippen LogP contribution in [0.1, 0.15) is 52.0 Å². The van der Waals surface area contributed by atoms with Crippen molar-refractivity contribution in [1.82, 2.24) is 0 Å². The molecule has 1 aromatic carbocycles. The standard InChI is InChI=1S/C18H30O4S2/c1-5-7-13-23(14-8-6-2,15-17(4)19)22-24(20,21)18-11-9-16(3)10-12-18/h9-12H,5-8,13-15H2,1-4H3. The van der Waals surface area contributed by atoms with E-state index in [1.54, 1.807) is 24.3 Å². The minimum Gasteiger partial charge on any atom is -0.299 e. The van der Waals surface area contributed by atoms with Crippen molar-refractivity contribution in [2.24, 2.45) is 0 Å². The van der Waals surface area contributed by atoms with E-state index in [1.807, 2.05) is 6.92 Å². The molecule has 0 bridgehead atoms. The highest BCUT2D eigenvalue weighted by Gasteiger charge is 2.32. The van der Waals surface area contributed by atoms with E-state index in [2.05, 4.69) is 13.8 Å². The highest BCUT2D eigenvalue weighted by Crippen LogP contribution is 2.53. The maximum atomic E-state index is 12.8. The van der Waals surface area contributed by atoms with Crippen LogP contribution in [0.15, 0.2) is 29.2 Å². The Kier molecular flexibility index (Phi) is 8.46. The van der Waals surface area contributed by atoms with Gasteiger partial charge in [0.1, 0.15) is 5.78 Å². The predicted molar refractivity (Wildman–Crippen MR) is 102 cm³/mol. The topological polar surface area (TPSA) is 60.4 Å². The largest absolute Gasteiger partial charge is 0.306 e. The van der Waals surface area contributed by atoms with Crippen molar-refractivity contribution in [2.75, 3.05) is 17.3 Å². The molecule has 24 heavy (non-hydrogen) atoms. The molecule has 0 heterocycles. The quantitative estimate of drug-likeness (QED) is 0.567. The van der Waals surface area contributed by atoms with Crippen LogP contribution in [-0.4, -0.2) is 31.5 Å². The molecule has 0 N–H and O–H groups in total. The molecule has 1 rings (SSSR count). The van der Waals surface area contributed by atoms with Crippen LogP contribution in [0.5, 0.6) is 0 Å². The van der Waals surface area contributed by atoms with E-state index in [1.165, 1.54) is 6.92 Å². The van der Waals surface area contributed by atoms with Crippen molar-refractivity contribution >= 4 is 26.2 Å². The van der Waals surface area contributed by atoms with Crippen LogP contribution in [-0.2, 0) is 18.5 Å². The summed E-state index contributed by atoms with van der Waals surface area (Å²) in [5.74, 6) is 1.54. The van der Waals surface area contributed by atoms with Crippen LogP contribution in [0.25, 0.3) is 0 Å². The Morgan fingerprint density at radius 3 is 1.92 bits per heavy atom. The fourth-order valence-electron chi connectivity index (χ4n) is 2.46. The van der Waals surface area contributed by atoms with Gasteiger partial charge in [-0.15, -0.1) is 10.3 Å². The number of ketones is 1. The second-order valence-corrected chi connectivity index (χ2v) is 11.2. The second kappa shape index (κ2) is 9.59. The minimum atomic E-state index is -3.86. The van der Waals surface area contributed by atoms with E-state index in [4.69, 9.17) is 3.63 Å². The molecule has 0 aliphatic rings. The molecule has 0 fully saturated rings. The zero-order valence-corrected chi connectivity index (χ0v) is 16.8. The van der Waals surface area contributed by atoms with Crippen LogP contribution in [0, 0.1) is 6.92 Å². The Morgan fingerprint density at radius 2 is 1.50 bits per heavy atom. The van der Waals surface area contributed by atoms with Gasteiger partial charge in [-0.1, -0.05) is 44.4 Å². The fraction of sp³-hybridized carbons (Fsp3) is 0.611. The number of aryl methyl sites for hydroxylation is 1. The minimum absolute atomic E-state index is 0.00341. The number of unbranched alkanes of at least 4 members (excludes halogenated alkanes) is 2. The van der Waals surface area contributed by atoms with Crippen LogP contribution >= 0.6 is 10.3 Å². The Bertz CT molecular complexity index is 613. The molecule has 0 atom stereocenters. The number of hydrogen-bond acceptors (Lipinski definition) is 4. The van der Waals surface area contributed by atoms with Gasteiger partial charge in [0.15, 0.2) is 0 Å². The Morgan fingerprint density at radius 1 is 1.00 bits per heavy atom. The molecule has 0 saturated heterocycles. The smallest absolute Gasteiger partial charge is 0.299 e. The van der Waals surface area contributed by atoms with Gasteiger partial charge in [0.25, 0.3) is 0 Å². The maximum Gasteiger partial charge on any atom is 0.306 e. The lowest BCUT2D eigenvalue weighted by Crippen LogP contribution is -2.24. The lowest BCUT2D eigenvalue weighted by molar-refractivity contribution is -0.114. The molecule has 0 amide bonds. The molecule has 1 aromatic rings. The number of carbonyl (C=O) groups excluding carboxylic acids is 1. The molecule has 0 radical (unpaired) electrons. The lowest BCUT2D eigenvalue weighted by Gasteiger charge is -2.37. The van der Waals surface area contributed by atoms with Crippen LogP contribution < -0.4 is 0 Å². The molecule has 0 aliphatic carbocycles. The fourth-order valence-corrected chi connectivity index (χ4v) is 8.36. The Hall–Kier alpha value is -0.850. The first-order chi connectivity index (χ1) is 11.2. The van der Waals surface area contributed by atoms with Crippen LogP contribution in [0.4, 0.5) is 0 Å². The molecule has 138 valence electrons. The maximum absolute atomic E-state index is 12.8. The molecule has 0 unspecified atom stereocenters. The summed E-state index contributed by atoms with van der Waals surface area (Å²) in [4.78, 5) is 12.0. The highest BCUT2D eigenvalue weighted by atomic mass is 32.3. The highest BCUT2D eigenvalue weighted by molar-refractivity contribution is 8.33. The van der Waals surface area contributed by atoms with Crippen LogP contribution in [0.3, 0.4) is 0 Å². The van der Waals surface area contributed by atoms with Gasteiger partial charge in [-0.3, -0.25) is 4.79 Å². The first kappa shape index (κ1) is 21.2. The van der Waals surface area contributed by atoms with Gasteiger partial charge < -0.3 is 0 Å². The summed E-state index contributed by atoms with van der Waals surface area (Å²) < 4.78 is 31.3. The number of carbonyl (C=O) groups is 1. The molecule has 0 aliphatic heterocycles. The SMILES string of the molecule is CCCCS(CCCC)(CC(C)=O)OS(=O)(=O)c1ccc(C)cc1. The summed E-state index contributed by atoms with van der Waals surface area (Å²) in [6, 6.07) is 6.66. The van der Waals surface area contributed by atoms with Gasteiger partial charge in [-0.2, -0.15) is 8.42 Å². The zero-order chi connectivity index (χ0) is 18.2. The van der Waals surface area contributed by atoms with Gasteiger partial charge in [0, 0.05) is 11.5 Å². The van der Waals surface area contributed by atoms with Gasteiger partial charge >= 0.3 is 10.1 Å². The van der Waals surface area contributed by atoms with E-state index in [-0.39, 0.29) is 16.4 Å². The molecule has 0 spiro atoms. The third-order valence-electron chi connectivity index (χ3n) is 3.75. The molecular formula is C18H30O4S2. The van der Waals surface area contributed by atoms with E-state index < -0.39 is 20.4 Å². The third kappa shape index (κ3) is 6.57. The average molecular weight is 375 g/mol. The molecule has 0 saturated carbocycles. The first-order valence-electron chi connectivity index (χ1n) is 8.53. The van der Waals surface area contributed by atoms with Crippen molar-refractivity contribution in [3.05, 3.63) is 29.8 Å². The van der Waals surface area contributed by atoms with Gasteiger partial charge in [-0.25, -0.2) is 3.63 Å². The number of hydrogen-bond donors (Lipinski definition) is 0. The second-order valence-electron chi connectivity index (χ2n) is 6.26. The summed E-state index contributed by atoms with van der Waals surface area (Å²) in [6.45, 7) is 7.55. The lowest BCUT2D eigenvalue weighted by atomic mass is 10.2. The van der Waals surface area contributed by atoms with E-state index in [9.17, 15) is 13.2 Å². The third-order valence-corrected chi connectivity index (χ3v) is 9.47. The summed E-state index contributed by atoms with van der Waals surface area (Å²) in [5.41, 5.74) is 0.994. The number of Topliss-reactive ketones (excluding diaryl/α,β-unsaturated/α-hetero) is 1. The summed E-state index contributed by atoms with van der Waals surface area (Å²) in [7, 11) is -5.83. The van der Waals surface area contributed by atoms with Gasteiger partial charge in [0.05, 0.1) is 10.6 Å². The van der Waals surface area contributed by atoms with E-state index in [0.717, 1.165) is 31.2 Å². The number of rotatable bonds is 11. The van der Waals surface area contributed by atoms with Crippen molar-refractivity contribution in [1.29, 1.82) is 0 Å². The van der Waals surface area contributed by atoms with Gasteiger partial charge in [-0.05, 0) is 38.8 Å². The Balaban J connectivity index is 3.15. The molecule has 4 nitrogen and oxygen atoms in total. The van der Waals surface area contributed by atoms with Crippen molar-refractivity contribution < 1.29 is 16.8 Å². The Labute approximate surface area is 148 Å². The monoisotopic (exact) mass is 374 g/mol. The molecule has 0 aromatic heterocycles. The zero-order valence-electron chi connectivity index (χ0n) is 15.2. The van der Waals surface area contributed by atoms with Crippen LogP contribution in [0.2, 0.25) is 0 Å². The predicted octanol–water partition coefficient (Wildman–Crippen LogP) is 4.61. The molecule has 6 heteroatoms. The van der Waals surface area contributed by atoms with E-state index in [0.29, 0.717) is 11.5 Å². The van der Waals surface area contributed by atoms with Crippen molar-refractivity contribution in [2.45, 2.75) is 58.3 Å². The van der Waals surface area contributed by atoms with Crippen molar-refractivity contribution in [3.63, 3.8) is 0 Å². The normalized spacial score (nSPS) is 13.0.